The van der Waals surface area contributed by atoms with Crippen LogP contribution in [0.1, 0.15) is 39.5 Å². The van der Waals surface area contributed by atoms with Crippen molar-refractivity contribution in [3.8, 4) is 0 Å². The van der Waals surface area contributed by atoms with Gasteiger partial charge in [-0.2, -0.15) is 0 Å². The summed E-state index contributed by atoms with van der Waals surface area (Å²) in [5, 5.41) is 19.8. The molecule has 2 N–H and O–H groups in total. The summed E-state index contributed by atoms with van der Waals surface area (Å²) in [6, 6.07) is 0. The van der Waals surface area contributed by atoms with Crippen molar-refractivity contribution in [3.05, 3.63) is 0 Å². The summed E-state index contributed by atoms with van der Waals surface area (Å²) >= 11 is 4.10. The molecule has 162 valence electrons. The van der Waals surface area contributed by atoms with Gasteiger partial charge in [0.1, 0.15) is 13.2 Å². The van der Waals surface area contributed by atoms with E-state index in [1.54, 1.807) is 16.7 Å². The zero-order valence-electron chi connectivity index (χ0n) is 16.8. The Labute approximate surface area is 172 Å². The first-order chi connectivity index (χ1) is 13.2. The predicted octanol–water partition coefficient (Wildman–Crippen LogP) is 0.267. The van der Waals surface area contributed by atoms with E-state index in [1.807, 2.05) is 6.92 Å². The average Bonchev–Trinajstić information content (AvgIpc) is 2.63. The van der Waals surface area contributed by atoms with Crippen molar-refractivity contribution in [3.63, 3.8) is 0 Å². The molecule has 2 saturated heterocycles. The van der Waals surface area contributed by atoms with Crippen molar-refractivity contribution in [1.29, 1.82) is 0 Å². The summed E-state index contributed by atoms with van der Waals surface area (Å²) in [4.78, 5) is 27.8. The second-order valence-corrected chi connectivity index (χ2v) is 8.68. The highest BCUT2D eigenvalue weighted by atomic mass is 32.1. The molecule has 0 bridgehead atoms. The van der Waals surface area contributed by atoms with Gasteiger partial charge in [0.2, 0.25) is 11.8 Å². The molecule has 0 aromatic carbocycles. The molecule has 2 rings (SSSR count). The molecule has 0 radical (unpaired) electrons. The topological polar surface area (TPSA) is 99.5 Å². The number of β-amino-alcohol motifs (C(OH)–C–C–N with tert-alkyl or cyclic N) is 2. The lowest BCUT2D eigenvalue weighted by molar-refractivity contribution is -0.142. The Balaban J connectivity index is 1.74. The van der Waals surface area contributed by atoms with Crippen molar-refractivity contribution in [1.82, 2.24) is 9.80 Å². The largest absolute Gasteiger partial charge is 0.391 e. The highest BCUT2D eigenvalue weighted by molar-refractivity contribution is 7.80. The Kier molecular flexibility index (Phi) is 9.49. The van der Waals surface area contributed by atoms with Crippen LogP contribution in [-0.4, -0.2) is 95.0 Å². The number of aliphatic hydroxyl groups is 2. The lowest BCUT2D eigenvalue weighted by atomic mass is 9.91. The van der Waals surface area contributed by atoms with Gasteiger partial charge in [0, 0.05) is 26.2 Å². The van der Waals surface area contributed by atoms with Gasteiger partial charge in [0.25, 0.3) is 0 Å². The van der Waals surface area contributed by atoms with E-state index >= 15 is 0 Å². The van der Waals surface area contributed by atoms with Gasteiger partial charge in [0.15, 0.2) is 0 Å². The van der Waals surface area contributed by atoms with E-state index in [1.165, 1.54) is 0 Å². The fourth-order valence-corrected chi connectivity index (χ4v) is 3.93. The molecule has 2 fully saturated rings. The number of piperidine rings is 2. The zero-order valence-corrected chi connectivity index (χ0v) is 17.7. The number of rotatable bonds is 8. The Morgan fingerprint density at radius 2 is 1.68 bits per heavy atom. The van der Waals surface area contributed by atoms with Gasteiger partial charge in [-0.05, 0) is 45.4 Å². The fraction of sp³-hybridized carbons (Fsp3) is 0.895. The van der Waals surface area contributed by atoms with Crippen LogP contribution in [-0.2, 0) is 19.1 Å². The number of hydrogen-bond acceptors (Lipinski definition) is 7. The number of nitrogens with zero attached hydrogens (tertiary/aromatic N) is 2. The molecule has 2 heterocycles. The fourth-order valence-electron chi connectivity index (χ4n) is 3.86. The summed E-state index contributed by atoms with van der Waals surface area (Å²) in [6.07, 6.45) is 1.62. The van der Waals surface area contributed by atoms with Gasteiger partial charge in [-0.3, -0.25) is 9.59 Å². The summed E-state index contributed by atoms with van der Waals surface area (Å²) in [7, 11) is 0. The Hall–Kier alpha value is -0.870. The number of carbonyl (C=O) groups is 2. The summed E-state index contributed by atoms with van der Waals surface area (Å²) in [5.41, 5.74) is -0.318. The van der Waals surface area contributed by atoms with Crippen LogP contribution in [0.25, 0.3) is 0 Å². The lowest BCUT2D eigenvalue weighted by Gasteiger charge is -2.37. The normalized spacial score (nSPS) is 28.1. The highest BCUT2D eigenvalue weighted by Gasteiger charge is 2.30. The van der Waals surface area contributed by atoms with E-state index in [0.29, 0.717) is 39.0 Å². The number of aliphatic hydroxyl groups excluding tert-OH is 2. The molecular formula is C19H34N2O6S. The minimum atomic E-state index is -0.570. The minimum absolute atomic E-state index is 0.0144. The van der Waals surface area contributed by atoms with Gasteiger partial charge in [-0.15, -0.1) is 12.6 Å². The van der Waals surface area contributed by atoms with Gasteiger partial charge < -0.3 is 29.5 Å². The van der Waals surface area contributed by atoms with Crippen LogP contribution in [0.15, 0.2) is 0 Å². The highest BCUT2D eigenvalue weighted by Crippen LogP contribution is 2.23. The standard InChI is InChI=1S/C19H34N2O6S/c1-13(26-11-18(24)20-5-3-4-16(22)9-20)6-15-7-17(23)10-21(8-15)19(25)12-27-14(2)28/h13-17,22-23,28H,3-12H2,1-2H3/t13?,14?,15?,16-,17+/m0/s1. The SMILES string of the molecule is CC(S)OCC(=O)N1CC(CC(C)OCC(=O)N2CCC[C@H](O)C2)C[C@@H](O)C1. The maximum Gasteiger partial charge on any atom is 0.248 e. The monoisotopic (exact) mass is 418 g/mol. The molecule has 0 spiro atoms. The Morgan fingerprint density at radius 1 is 1.04 bits per heavy atom. The van der Waals surface area contributed by atoms with Crippen molar-refractivity contribution < 1.29 is 29.3 Å². The molecule has 2 aliphatic rings. The Bertz CT molecular complexity index is 521. The summed E-state index contributed by atoms with van der Waals surface area (Å²) in [5.74, 6) is -0.163. The first-order valence-electron chi connectivity index (χ1n) is 10.1. The van der Waals surface area contributed by atoms with Crippen molar-refractivity contribution in [2.45, 2.75) is 63.3 Å². The lowest BCUT2D eigenvalue weighted by Crippen LogP contribution is -2.48. The average molecular weight is 419 g/mol. The number of hydrogen-bond donors (Lipinski definition) is 3. The molecular weight excluding hydrogens is 384 g/mol. The zero-order chi connectivity index (χ0) is 20.7. The van der Waals surface area contributed by atoms with Crippen molar-refractivity contribution in [2.24, 2.45) is 5.92 Å². The molecule has 9 heteroatoms. The number of amides is 2. The van der Waals surface area contributed by atoms with Crippen LogP contribution < -0.4 is 0 Å². The van der Waals surface area contributed by atoms with Crippen molar-refractivity contribution in [2.75, 3.05) is 39.4 Å². The van der Waals surface area contributed by atoms with E-state index < -0.39 is 12.2 Å². The van der Waals surface area contributed by atoms with Gasteiger partial charge in [-0.25, -0.2) is 0 Å². The molecule has 2 amide bonds. The van der Waals surface area contributed by atoms with E-state index in [0.717, 1.165) is 12.8 Å². The number of likely N-dealkylation sites (tertiary alicyclic amines) is 2. The quantitative estimate of drug-likeness (QED) is 0.386. The van der Waals surface area contributed by atoms with Crippen LogP contribution in [0.4, 0.5) is 0 Å². The minimum Gasteiger partial charge on any atom is -0.391 e. The first-order valence-corrected chi connectivity index (χ1v) is 10.6. The van der Waals surface area contributed by atoms with Gasteiger partial charge in [-0.1, -0.05) is 0 Å². The van der Waals surface area contributed by atoms with Crippen LogP contribution in [0.5, 0.6) is 0 Å². The smallest absolute Gasteiger partial charge is 0.248 e. The molecule has 3 unspecified atom stereocenters. The molecule has 8 nitrogen and oxygen atoms in total. The molecule has 2 aliphatic heterocycles. The molecule has 28 heavy (non-hydrogen) atoms. The summed E-state index contributed by atoms with van der Waals surface area (Å²) in [6.45, 7) is 5.46. The second-order valence-electron chi connectivity index (χ2n) is 7.96. The van der Waals surface area contributed by atoms with Crippen LogP contribution in [0.3, 0.4) is 0 Å². The van der Waals surface area contributed by atoms with Crippen LogP contribution in [0, 0.1) is 5.92 Å². The van der Waals surface area contributed by atoms with Crippen LogP contribution in [0.2, 0.25) is 0 Å². The van der Waals surface area contributed by atoms with Crippen LogP contribution >= 0.6 is 12.6 Å². The molecule has 0 saturated carbocycles. The van der Waals surface area contributed by atoms with E-state index in [4.69, 9.17) is 9.47 Å². The third-order valence-electron chi connectivity index (χ3n) is 5.22. The molecule has 0 aliphatic carbocycles. The molecule has 5 atom stereocenters. The third kappa shape index (κ3) is 7.87. The third-order valence-corrected chi connectivity index (χ3v) is 5.37. The van der Waals surface area contributed by atoms with E-state index in [-0.39, 0.29) is 42.5 Å². The van der Waals surface area contributed by atoms with Gasteiger partial charge >= 0.3 is 0 Å². The maximum atomic E-state index is 12.3. The first kappa shape index (κ1) is 23.4. The molecule has 0 aromatic rings. The predicted molar refractivity (Wildman–Crippen MR) is 107 cm³/mol. The maximum absolute atomic E-state index is 12.3. The second kappa shape index (κ2) is 11.3. The Morgan fingerprint density at radius 3 is 2.36 bits per heavy atom. The summed E-state index contributed by atoms with van der Waals surface area (Å²) < 4.78 is 11.0. The van der Waals surface area contributed by atoms with Gasteiger partial charge in [0.05, 0.1) is 23.7 Å². The molecule has 0 aromatic heterocycles. The van der Waals surface area contributed by atoms with Crippen molar-refractivity contribution >= 4 is 24.4 Å². The number of ether oxygens (including phenoxy) is 2. The number of carbonyl (C=O) groups excluding carboxylic acids is 2. The number of thiol groups is 1. The van der Waals surface area contributed by atoms with E-state index in [9.17, 15) is 19.8 Å². The van der Waals surface area contributed by atoms with E-state index in [2.05, 4.69) is 12.6 Å².